The van der Waals surface area contributed by atoms with Gasteiger partial charge in [0.25, 0.3) is 0 Å². The van der Waals surface area contributed by atoms with E-state index in [4.69, 9.17) is 0 Å². The molecular formula is C28H23N3O. The topological polar surface area (TPSA) is 49.0 Å². The summed E-state index contributed by atoms with van der Waals surface area (Å²) in [5, 5.41) is 2.26. The molecule has 5 aromatic rings. The third-order valence-corrected chi connectivity index (χ3v) is 5.55. The summed E-state index contributed by atoms with van der Waals surface area (Å²) < 4.78 is 0. The van der Waals surface area contributed by atoms with E-state index in [0.29, 0.717) is 13.1 Å². The van der Waals surface area contributed by atoms with Gasteiger partial charge in [0.1, 0.15) is 0 Å². The van der Waals surface area contributed by atoms with Crippen molar-refractivity contribution in [2.24, 2.45) is 0 Å². The largest absolute Gasteiger partial charge is 0.353 e. The molecule has 4 heteroatoms. The number of H-pyrrole nitrogens is 1. The summed E-state index contributed by atoms with van der Waals surface area (Å²) in [6, 6.07) is 30.3. The molecule has 0 radical (unpaired) electrons. The van der Waals surface area contributed by atoms with E-state index in [1.54, 1.807) is 12.2 Å². The van der Waals surface area contributed by atoms with Crippen LogP contribution in [0.3, 0.4) is 0 Å². The van der Waals surface area contributed by atoms with Crippen molar-refractivity contribution in [3.8, 4) is 0 Å². The normalized spacial score (nSPS) is 11.4. The highest BCUT2D eigenvalue weighted by atomic mass is 16.2. The maximum Gasteiger partial charge on any atom is 0.247 e. The van der Waals surface area contributed by atoms with Gasteiger partial charge in [-0.05, 0) is 29.3 Å². The first kappa shape index (κ1) is 19.8. The van der Waals surface area contributed by atoms with Crippen molar-refractivity contribution < 1.29 is 4.79 Å². The van der Waals surface area contributed by atoms with E-state index in [-0.39, 0.29) is 5.91 Å². The number of hydrogen-bond donors (Lipinski definition) is 1. The van der Waals surface area contributed by atoms with E-state index >= 15 is 0 Å². The second kappa shape index (κ2) is 8.90. The molecular weight excluding hydrogens is 394 g/mol. The number of carbonyl (C=O) groups excluding carboxylic acids is 1. The molecule has 0 bridgehead atoms. The van der Waals surface area contributed by atoms with Crippen LogP contribution in [0.2, 0.25) is 0 Å². The van der Waals surface area contributed by atoms with Crippen LogP contribution >= 0.6 is 0 Å². The number of pyridine rings is 1. The van der Waals surface area contributed by atoms with Gasteiger partial charge < -0.3 is 9.88 Å². The molecule has 0 unspecified atom stereocenters. The average molecular weight is 418 g/mol. The van der Waals surface area contributed by atoms with E-state index < -0.39 is 0 Å². The second-order valence-corrected chi connectivity index (χ2v) is 7.82. The molecule has 3 aromatic carbocycles. The highest BCUT2D eigenvalue weighted by Crippen LogP contribution is 2.25. The lowest BCUT2D eigenvalue weighted by Gasteiger charge is -2.21. The molecule has 5 rings (SSSR count). The zero-order valence-electron chi connectivity index (χ0n) is 17.6. The lowest BCUT2D eigenvalue weighted by atomic mass is 10.1. The molecule has 1 amide bonds. The van der Waals surface area contributed by atoms with E-state index in [2.05, 4.69) is 22.1 Å². The van der Waals surface area contributed by atoms with E-state index in [0.717, 1.165) is 38.6 Å². The SMILES string of the molecule is O=C(/C=C/c1cc2c(cn1)[nH]c1ccccc12)N(Cc1ccccc1)Cc1ccccc1. The van der Waals surface area contributed by atoms with Gasteiger partial charge in [-0.3, -0.25) is 9.78 Å². The first-order chi connectivity index (χ1) is 15.8. The highest BCUT2D eigenvalue weighted by Gasteiger charge is 2.12. The summed E-state index contributed by atoms with van der Waals surface area (Å²) in [5.41, 5.74) is 5.03. The number of benzene rings is 3. The molecule has 32 heavy (non-hydrogen) atoms. The fraction of sp³-hybridized carbons (Fsp3) is 0.0714. The Kier molecular flexibility index (Phi) is 5.50. The molecule has 0 aliphatic rings. The van der Waals surface area contributed by atoms with Crippen molar-refractivity contribution in [1.29, 1.82) is 0 Å². The molecule has 0 saturated carbocycles. The number of para-hydroxylation sites is 1. The lowest BCUT2D eigenvalue weighted by molar-refractivity contribution is -0.127. The number of amides is 1. The number of nitrogens with zero attached hydrogens (tertiary/aromatic N) is 2. The van der Waals surface area contributed by atoms with Crippen molar-refractivity contribution in [2.45, 2.75) is 13.1 Å². The Morgan fingerprint density at radius 3 is 2.09 bits per heavy atom. The number of rotatable bonds is 6. The van der Waals surface area contributed by atoms with Gasteiger partial charge >= 0.3 is 0 Å². The number of fused-ring (bicyclic) bond motifs is 3. The summed E-state index contributed by atoms with van der Waals surface area (Å²) in [6.45, 7) is 1.10. The molecule has 1 N–H and O–H groups in total. The van der Waals surface area contributed by atoms with E-state index in [9.17, 15) is 4.79 Å². The summed E-state index contributed by atoms with van der Waals surface area (Å²) in [7, 11) is 0. The molecule has 2 aromatic heterocycles. The minimum absolute atomic E-state index is 0.0430. The van der Waals surface area contributed by atoms with Gasteiger partial charge in [-0.2, -0.15) is 0 Å². The fourth-order valence-corrected chi connectivity index (χ4v) is 3.94. The Labute approximate surface area is 186 Å². The Bertz CT molecular complexity index is 1350. The molecule has 0 fully saturated rings. The standard InChI is InChI=1S/C28H23N3O/c32-28(31(19-21-9-3-1-4-10-21)20-22-11-5-2-6-12-22)16-15-23-17-25-24-13-7-8-14-26(24)30-27(25)18-29-23/h1-18,30H,19-20H2/b16-15+. The minimum Gasteiger partial charge on any atom is -0.353 e. The smallest absolute Gasteiger partial charge is 0.247 e. The minimum atomic E-state index is -0.0430. The van der Waals surface area contributed by atoms with Crippen LogP contribution in [0.4, 0.5) is 0 Å². The quantitative estimate of drug-likeness (QED) is 0.347. The lowest BCUT2D eigenvalue weighted by Crippen LogP contribution is -2.28. The number of hydrogen-bond acceptors (Lipinski definition) is 2. The van der Waals surface area contributed by atoms with Gasteiger partial charge in [-0.1, -0.05) is 78.9 Å². The molecule has 0 saturated heterocycles. The number of carbonyl (C=O) groups is 1. The Morgan fingerprint density at radius 1 is 0.781 bits per heavy atom. The molecule has 0 atom stereocenters. The van der Waals surface area contributed by atoms with Gasteiger partial charge in [0.15, 0.2) is 0 Å². The highest BCUT2D eigenvalue weighted by molar-refractivity contribution is 6.07. The Morgan fingerprint density at radius 2 is 1.41 bits per heavy atom. The van der Waals surface area contributed by atoms with Crippen LogP contribution in [0, 0.1) is 0 Å². The molecule has 0 aliphatic carbocycles. The van der Waals surface area contributed by atoms with E-state index in [1.165, 1.54) is 0 Å². The van der Waals surface area contributed by atoms with E-state index in [1.807, 2.05) is 90.0 Å². The maximum atomic E-state index is 13.2. The first-order valence-electron chi connectivity index (χ1n) is 10.7. The van der Waals surface area contributed by atoms with Crippen LogP contribution in [-0.2, 0) is 17.9 Å². The first-order valence-corrected chi connectivity index (χ1v) is 10.7. The Hall–Kier alpha value is -4.18. The molecule has 4 nitrogen and oxygen atoms in total. The van der Waals surface area contributed by atoms with Gasteiger partial charge in [0.2, 0.25) is 5.91 Å². The predicted octanol–water partition coefficient (Wildman–Crippen LogP) is 5.96. The van der Waals surface area contributed by atoms with Crippen molar-refractivity contribution in [3.05, 3.63) is 120 Å². The van der Waals surface area contributed by atoms with Gasteiger partial charge in [-0.15, -0.1) is 0 Å². The molecule has 0 aliphatic heterocycles. The summed E-state index contributed by atoms with van der Waals surface area (Å²) >= 11 is 0. The van der Waals surface area contributed by atoms with Crippen molar-refractivity contribution in [2.75, 3.05) is 0 Å². The second-order valence-electron chi connectivity index (χ2n) is 7.82. The van der Waals surface area contributed by atoms with Crippen LogP contribution in [0.15, 0.2) is 103 Å². The predicted molar refractivity (Wildman–Crippen MR) is 130 cm³/mol. The summed E-state index contributed by atoms with van der Waals surface area (Å²) in [5.74, 6) is -0.0430. The third-order valence-electron chi connectivity index (χ3n) is 5.55. The molecule has 0 spiro atoms. The van der Waals surface area contributed by atoms with Crippen molar-refractivity contribution >= 4 is 33.8 Å². The monoisotopic (exact) mass is 417 g/mol. The number of aromatic amines is 1. The van der Waals surface area contributed by atoms with Crippen LogP contribution < -0.4 is 0 Å². The third kappa shape index (κ3) is 4.30. The summed E-state index contributed by atoms with van der Waals surface area (Å²) in [6.07, 6.45) is 5.24. The average Bonchev–Trinajstić information content (AvgIpc) is 3.21. The van der Waals surface area contributed by atoms with Gasteiger partial charge in [0.05, 0.1) is 17.4 Å². The fourth-order valence-electron chi connectivity index (χ4n) is 3.94. The molecule has 156 valence electrons. The Balaban J connectivity index is 1.41. The molecule has 2 heterocycles. The van der Waals surface area contributed by atoms with Crippen LogP contribution in [0.25, 0.3) is 27.9 Å². The zero-order chi connectivity index (χ0) is 21.8. The van der Waals surface area contributed by atoms with Gasteiger partial charge in [0, 0.05) is 35.5 Å². The van der Waals surface area contributed by atoms with Gasteiger partial charge in [-0.25, -0.2) is 0 Å². The number of aromatic nitrogens is 2. The zero-order valence-corrected chi connectivity index (χ0v) is 17.6. The van der Waals surface area contributed by atoms with Crippen LogP contribution in [-0.4, -0.2) is 20.8 Å². The van der Waals surface area contributed by atoms with Crippen molar-refractivity contribution in [1.82, 2.24) is 14.9 Å². The van der Waals surface area contributed by atoms with Crippen LogP contribution in [0.1, 0.15) is 16.8 Å². The number of nitrogens with one attached hydrogen (secondary N) is 1. The van der Waals surface area contributed by atoms with Crippen LogP contribution in [0.5, 0.6) is 0 Å². The van der Waals surface area contributed by atoms with Crippen molar-refractivity contribution in [3.63, 3.8) is 0 Å². The summed E-state index contributed by atoms with van der Waals surface area (Å²) in [4.78, 5) is 22.9. The maximum absolute atomic E-state index is 13.2.